The van der Waals surface area contributed by atoms with Crippen molar-refractivity contribution in [1.82, 2.24) is 0 Å². The maximum Gasteiger partial charge on any atom is 0.248 e. The highest BCUT2D eigenvalue weighted by Crippen LogP contribution is 2.34. The molecule has 1 aromatic carbocycles. The summed E-state index contributed by atoms with van der Waals surface area (Å²) < 4.78 is 3.38. The Morgan fingerprint density at radius 2 is 2.14 bits per heavy atom. The number of alkyl halides is 2. The van der Waals surface area contributed by atoms with Crippen LogP contribution in [0.3, 0.4) is 0 Å². The first-order chi connectivity index (χ1) is 6.47. The largest absolute Gasteiger partial charge is 0.366 e. The lowest BCUT2D eigenvalue weighted by atomic mass is 10.1. The fourth-order valence-corrected chi connectivity index (χ4v) is 1.21. The van der Waals surface area contributed by atoms with Gasteiger partial charge >= 0.3 is 0 Å². The molecule has 1 rings (SSSR count). The quantitative estimate of drug-likeness (QED) is 0.813. The molecule has 1 aromatic rings. The van der Waals surface area contributed by atoms with E-state index < -0.39 is 10.4 Å². The number of amides is 1. The molecule has 0 aromatic heterocycles. The topological polar surface area (TPSA) is 52.3 Å². The third kappa shape index (κ3) is 2.38. The van der Waals surface area contributed by atoms with E-state index in [1.165, 1.54) is 13.2 Å². The molecule has 0 spiro atoms. The number of hydrogen-bond donors (Lipinski definition) is 1. The second kappa shape index (κ2) is 4.17. The van der Waals surface area contributed by atoms with Crippen molar-refractivity contribution < 1.29 is 9.53 Å². The van der Waals surface area contributed by atoms with Crippen LogP contribution >= 0.6 is 23.2 Å². The molecule has 2 N–H and O–H groups in total. The van der Waals surface area contributed by atoms with E-state index in [-0.39, 0.29) is 0 Å². The minimum Gasteiger partial charge on any atom is -0.366 e. The van der Waals surface area contributed by atoms with Crippen LogP contribution in [0.2, 0.25) is 0 Å². The molecule has 5 heteroatoms. The number of carbonyl (C=O) groups is 1. The summed E-state index contributed by atoms with van der Waals surface area (Å²) >= 11 is 11.6. The van der Waals surface area contributed by atoms with E-state index in [0.717, 1.165) is 0 Å². The third-order valence-corrected chi connectivity index (χ3v) is 2.48. The van der Waals surface area contributed by atoms with Gasteiger partial charge in [0, 0.05) is 18.2 Å². The highest BCUT2D eigenvalue weighted by atomic mass is 35.5. The van der Waals surface area contributed by atoms with E-state index in [9.17, 15) is 4.79 Å². The Hall–Kier alpha value is -0.770. The van der Waals surface area contributed by atoms with Crippen LogP contribution in [0.15, 0.2) is 24.3 Å². The van der Waals surface area contributed by atoms with Crippen molar-refractivity contribution in [3.8, 4) is 0 Å². The monoisotopic (exact) mass is 233 g/mol. The maximum absolute atomic E-state index is 10.9. The first-order valence-corrected chi connectivity index (χ1v) is 4.56. The molecule has 1 amide bonds. The average Bonchev–Trinajstić information content (AvgIpc) is 2.18. The van der Waals surface area contributed by atoms with Gasteiger partial charge in [0.25, 0.3) is 0 Å². The van der Waals surface area contributed by atoms with Gasteiger partial charge in [-0.05, 0) is 12.1 Å². The normalized spacial score (nSPS) is 11.4. The molecule has 3 nitrogen and oxygen atoms in total. The molecule has 0 saturated heterocycles. The Kier molecular flexibility index (Phi) is 3.37. The minimum absolute atomic E-state index is 0.338. The number of carbonyl (C=O) groups excluding carboxylic acids is 1. The van der Waals surface area contributed by atoms with Gasteiger partial charge in [-0.1, -0.05) is 35.3 Å². The Bertz CT molecular complexity index is 352. The van der Waals surface area contributed by atoms with Crippen molar-refractivity contribution in [1.29, 1.82) is 0 Å². The summed E-state index contributed by atoms with van der Waals surface area (Å²) in [6, 6.07) is 6.35. The molecule has 0 radical (unpaired) electrons. The smallest absolute Gasteiger partial charge is 0.248 e. The Labute approximate surface area is 91.7 Å². The lowest BCUT2D eigenvalue weighted by Gasteiger charge is -2.17. The second-order valence-corrected chi connectivity index (χ2v) is 3.92. The number of methoxy groups -OCH3 is 1. The third-order valence-electron chi connectivity index (χ3n) is 1.74. The fraction of sp³-hybridized carbons (Fsp3) is 0.222. The molecule has 0 saturated carbocycles. The van der Waals surface area contributed by atoms with E-state index in [4.69, 9.17) is 33.7 Å². The molecular formula is C9H9Cl2NO2. The molecule has 76 valence electrons. The zero-order valence-electron chi connectivity index (χ0n) is 7.46. The first-order valence-electron chi connectivity index (χ1n) is 3.80. The van der Waals surface area contributed by atoms with E-state index in [0.29, 0.717) is 11.1 Å². The molecule has 0 bridgehead atoms. The van der Waals surface area contributed by atoms with Gasteiger partial charge in [0.2, 0.25) is 10.4 Å². The van der Waals surface area contributed by atoms with Gasteiger partial charge in [-0.15, -0.1) is 0 Å². The summed E-state index contributed by atoms with van der Waals surface area (Å²) in [6.45, 7) is 0. The summed E-state index contributed by atoms with van der Waals surface area (Å²) in [5.74, 6) is -0.535. The van der Waals surface area contributed by atoms with Crippen molar-refractivity contribution in [2.75, 3.05) is 7.11 Å². The highest BCUT2D eigenvalue weighted by Gasteiger charge is 2.26. The van der Waals surface area contributed by atoms with Crippen molar-refractivity contribution >= 4 is 29.1 Å². The van der Waals surface area contributed by atoms with Gasteiger partial charge in [0.05, 0.1) is 0 Å². The Balaban J connectivity index is 3.12. The first kappa shape index (κ1) is 11.3. The van der Waals surface area contributed by atoms with Crippen LogP contribution in [0.4, 0.5) is 0 Å². The minimum atomic E-state index is -1.45. The molecule has 0 unspecified atom stereocenters. The maximum atomic E-state index is 10.9. The van der Waals surface area contributed by atoms with Crippen LogP contribution in [0.25, 0.3) is 0 Å². The number of rotatable bonds is 3. The molecule has 0 atom stereocenters. The van der Waals surface area contributed by atoms with Crippen molar-refractivity contribution in [2.24, 2.45) is 5.73 Å². The molecular weight excluding hydrogens is 225 g/mol. The zero-order valence-corrected chi connectivity index (χ0v) is 8.97. The van der Waals surface area contributed by atoms with Gasteiger partial charge in [0.15, 0.2) is 0 Å². The predicted octanol–water partition coefficient (Wildman–Crippen LogP) is 2.02. The van der Waals surface area contributed by atoms with Crippen LogP contribution in [0.1, 0.15) is 15.9 Å². The highest BCUT2D eigenvalue weighted by molar-refractivity contribution is 6.46. The Morgan fingerprint density at radius 1 is 1.50 bits per heavy atom. The lowest BCUT2D eigenvalue weighted by molar-refractivity contribution is 0.0999. The van der Waals surface area contributed by atoms with E-state index >= 15 is 0 Å². The zero-order chi connectivity index (χ0) is 10.8. The summed E-state index contributed by atoms with van der Waals surface area (Å²) in [5, 5.41) is 0. The second-order valence-electron chi connectivity index (χ2n) is 2.67. The van der Waals surface area contributed by atoms with Gasteiger partial charge in [-0.2, -0.15) is 0 Å². The van der Waals surface area contributed by atoms with Crippen molar-refractivity contribution in [3.05, 3.63) is 35.4 Å². The Morgan fingerprint density at radius 3 is 2.64 bits per heavy atom. The number of nitrogens with two attached hydrogens (primary N) is 1. The van der Waals surface area contributed by atoms with Crippen LogP contribution in [-0.2, 0) is 9.26 Å². The average molecular weight is 234 g/mol. The van der Waals surface area contributed by atoms with Crippen LogP contribution in [-0.4, -0.2) is 13.0 Å². The molecule has 0 aliphatic carbocycles. The lowest BCUT2D eigenvalue weighted by Crippen LogP contribution is -2.16. The molecule has 0 fully saturated rings. The fourth-order valence-electron chi connectivity index (χ4n) is 0.971. The SMILES string of the molecule is COC(Cl)(Cl)c1cccc(C(N)=O)c1. The van der Waals surface area contributed by atoms with Gasteiger partial charge in [-0.25, -0.2) is 0 Å². The molecule has 0 aliphatic rings. The van der Waals surface area contributed by atoms with Crippen LogP contribution < -0.4 is 5.73 Å². The van der Waals surface area contributed by atoms with Crippen molar-refractivity contribution in [3.63, 3.8) is 0 Å². The van der Waals surface area contributed by atoms with Gasteiger partial charge < -0.3 is 10.5 Å². The standard InChI is InChI=1S/C9H9Cl2NO2/c1-14-9(10,11)7-4-2-3-6(5-7)8(12)13/h2-5H,1H3,(H2,12,13). The van der Waals surface area contributed by atoms with Crippen LogP contribution in [0, 0.1) is 0 Å². The predicted molar refractivity (Wildman–Crippen MR) is 55.4 cm³/mol. The summed E-state index contributed by atoms with van der Waals surface area (Å²) in [4.78, 5) is 10.9. The van der Waals surface area contributed by atoms with Gasteiger partial charge in [-0.3, -0.25) is 4.79 Å². The number of benzene rings is 1. The van der Waals surface area contributed by atoms with E-state index in [1.54, 1.807) is 18.2 Å². The number of halogens is 2. The summed E-state index contributed by atoms with van der Waals surface area (Å²) in [6.07, 6.45) is 0. The van der Waals surface area contributed by atoms with Crippen LogP contribution in [0.5, 0.6) is 0 Å². The van der Waals surface area contributed by atoms with E-state index in [2.05, 4.69) is 0 Å². The molecule has 0 aliphatic heterocycles. The molecule has 14 heavy (non-hydrogen) atoms. The number of ether oxygens (including phenoxy) is 1. The summed E-state index contributed by atoms with van der Waals surface area (Å²) in [7, 11) is 1.37. The molecule has 0 heterocycles. The summed E-state index contributed by atoms with van der Waals surface area (Å²) in [5.41, 5.74) is 5.91. The van der Waals surface area contributed by atoms with Crippen molar-refractivity contribution in [2.45, 2.75) is 4.52 Å². The van der Waals surface area contributed by atoms with Gasteiger partial charge in [0.1, 0.15) is 0 Å². The van der Waals surface area contributed by atoms with E-state index in [1.807, 2.05) is 0 Å². The number of primary amides is 1. The number of hydrogen-bond acceptors (Lipinski definition) is 2.